The summed E-state index contributed by atoms with van der Waals surface area (Å²) in [6.45, 7) is 4.58. The first-order chi connectivity index (χ1) is 16.9. The fourth-order valence-corrected chi connectivity index (χ4v) is 4.86. The molecule has 0 bridgehead atoms. The van der Waals surface area contributed by atoms with Gasteiger partial charge in [0.05, 0.1) is 0 Å². The molecule has 0 atom stereocenters. The van der Waals surface area contributed by atoms with Gasteiger partial charge in [-0.05, 0) is 0 Å². The molecule has 0 radical (unpaired) electrons. The average molecular weight is 436 g/mol. The third-order valence-electron chi connectivity index (χ3n) is 6.52. The Labute approximate surface area is 204 Å². The molecule has 0 aliphatic rings. The number of benzene rings is 4. The molecule has 0 amide bonds. The van der Waals surface area contributed by atoms with Crippen LogP contribution in [0.2, 0.25) is 0 Å². The Kier molecular flexibility index (Phi) is 6.82. The van der Waals surface area contributed by atoms with Gasteiger partial charge in [-0.2, -0.15) is 0 Å². The van der Waals surface area contributed by atoms with Gasteiger partial charge >= 0.3 is 204 Å². The zero-order valence-electron chi connectivity index (χ0n) is 19.7. The Morgan fingerprint density at radius 2 is 1.06 bits per heavy atom. The molecule has 1 heterocycles. The third kappa shape index (κ3) is 4.52. The van der Waals surface area contributed by atoms with Crippen molar-refractivity contribution in [2.24, 2.45) is 0 Å². The van der Waals surface area contributed by atoms with Crippen molar-refractivity contribution in [2.45, 2.75) is 26.2 Å². The summed E-state index contributed by atoms with van der Waals surface area (Å²) in [6, 6.07) is 41.4. The third-order valence-corrected chi connectivity index (χ3v) is 6.52. The van der Waals surface area contributed by atoms with Gasteiger partial charge in [0.1, 0.15) is 0 Å². The maximum atomic E-state index is 2.34. The van der Waals surface area contributed by atoms with E-state index in [0.717, 1.165) is 6.42 Å². The van der Waals surface area contributed by atoms with Crippen molar-refractivity contribution in [1.29, 1.82) is 0 Å². The normalized spacial score (nSPS) is 10.7. The van der Waals surface area contributed by atoms with E-state index in [9.17, 15) is 0 Å². The summed E-state index contributed by atoms with van der Waals surface area (Å²) < 4.78 is 0. The zero-order chi connectivity index (χ0) is 23.2. The van der Waals surface area contributed by atoms with Crippen LogP contribution in [0, 0.1) is 0 Å². The molecule has 34 heavy (non-hydrogen) atoms. The molecular weight excluding hydrogens is 407 g/mol. The van der Waals surface area contributed by atoms with Gasteiger partial charge < -0.3 is 0 Å². The molecule has 1 heteroatoms. The van der Waals surface area contributed by atoms with Crippen molar-refractivity contribution in [3.8, 4) is 44.4 Å². The second-order valence-electron chi connectivity index (χ2n) is 8.77. The topological polar surface area (TPSA) is 0 Å². The summed E-state index contributed by atoms with van der Waals surface area (Å²) in [5.41, 5.74) is 11.7. The van der Waals surface area contributed by atoms with Crippen LogP contribution in [-0.4, -0.2) is 6.91 Å². The van der Waals surface area contributed by atoms with E-state index in [1.807, 2.05) is 0 Å². The van der Waals surface area contributed by atoms with Gasteiger partial charge in [0.15, 0.2) is 0 Å². The van der Waals surface area contributed by atoms with Crippen LogP contribution in [-0.2, 0) is 6.42 Å². The molecule has 0 saturated heterocycles. The molecule has 0 saturated carbocycles. The molecule has 5 rings (SSSR count). The van der Waals surface area contributed by atoms with Crippen molar-refractivity contribution in [2.75, 3.05) is 0 Å². The summed E-state index contributed by atoms with van der Waals surface area (Å²) in [5.74, 6) is 2.34. The minimum absolute atomic E-state index is 1.10. The Balaban J connectivity index is 1.87. The van der Waals surface area contributed by atoms with Crippen molar-refractivity contribution in [3.63, 3.8) is 0 Å². The van der Waals surface area contributed by atoms with Gasteiger partial charge in [0, 0.05) is 0 Å². The van der Waals surface area contributed by atoms with Crippen LogP contribution in [0.4, 0.5) is 0 Å². The number of hydrogen-bond acceptors (Lipinski definition) is 0. The van der Waals surface area contributed by atoms with E-state index in [4.69, 9.17) is 0 Å². The number of rotatable bonds is 7. The molecule has 0 unspecified atom stereocenters. The second-order valence-corrected chi connectivity index (χ2v) is 8.77. The molecule has 0 fully saturated rings. The van der Waals surface area contributed by atoms with E-state index in [2.05, 4.69) is 135 Å². The van der Waals surface area contributed by atoms with E-state index in [-0.39, 0.29) is 0 Å². The molecule has 0 aliphatic heterocycles. The molecule has 0 N–H and O–H groups in total. The van der Waals surface area contributed by atoms with Crippen LogP contribution in [0.5, 0.6) is 0 Å². The first kappa shape index (κ1) is 22.1. The van der Waals surface area contributed by atoms with E-state index < -0.39 is 0 Å². The Bertz CT molecular complexity index is 1360. The molecule has 4 aromatic carbocycles. The van der Waals surface area contributed by atoms with E-state index in [1.54, 1.807) is 0 Å². The van der Waals surface area contributed by atoms with Crippen LogP contribution in [0.1, 0.15) is 25.3 Å². The molecular formula is C33H29B. The predicted molar refractivity (Wildman–Crippen MR) is 148 cm³/mol. The number of unbranched alkanes of at least 4 members (excludes halogenated alkanes) is 1. The predicted octanol–water partition coefficient (Wildman–Crippen LogP) is 9.04. The fourth-order valence-electron chi connectivity index (χ4n) is 4.86. The Morgan fingerprint density at radius 1 is 0.529 bits per heavy atom. The second kappa shape index (κ2) is 10.5. The summed E-state index contributed by atoms with van der Waals surface area (Å²) in [4.78, 5) is 0. The molecule has 0 nitrogen and oxygen atoms in total. The monoisotopic (exact) mass is 436 g/mol. The SMILES string of the molecule is CCCCc1ccccc1-c1cbc(-c2ccccc2)c(-c2ccccc2)c1-c1ccccc1. The van der Waals surface area contributed by atoms with Crippen LogP contribution < -0.4 is 0 Å². The van der Waals surface area contributed by atoms with Crippen LogP contribution in [0.15, 0.2) is 121 Å². The average Bonchev–Trinajstić information content (AvgIpc) is 2.93. The van der Waals surface area contributed by atoms with Crippen LogP contribution in [0.25, 0.3) is 44.4 Å². The first-order valence-corrected chi connectivity index (χ1v) is 12.3. The van der Waals surface area contributed by atoms with E-state index in [1.165, 1.54) is 62.8 Å². The van der Waals surface area contributed by atoms with Crippen LogP contribution in [0.3, 0.4) is 0 Å². The minimum atomic E-state index is 1.10. The summed E-state index contributed by atoms with van der Waals surface area (Å²) in [5, 5.41) is 0. The van der Waals surface area contributed by atoms with Gasteiger partial charge in [-0.25, -0.2) is 0 Å². The van der Waals surface area contributed by atoms with Gasteiger partial charge in [-0.1, -0.05) is 0 Å². The van der Waals surface area contributed by atoms with E-state index in [0.29, 0.717) is 0 Å². The van der Waals surface area contributed by atoms with Crippen molar-refractivity contribution in [1.82, 2.24) is 0 Å². The van der Waals surface area contributed by atoms with Crippen LogP contribution >= 0.6 is 0 Å². The summed E-state index contributed by atoms with van der Waals surface area (Å²) >= 11 is 0. The van der Waals surface area contributed by atoms with Crippen molar-refractivity contribution < 1.29 is 0 Å². The summed E-state index contributed by atoms with van der Waals surface area (Å²) in [6.07, 6.45) is 3.50. The number of aryl methyl sites for hydroxylation is 1. The Morgan fingerprint density at radius 3 is 1.68 bits per heavy atom. The molecule has 1 aromatic heterocycles. The van der Waals surface area contributed by atoms with Crippen molar-refractivity contribution in [3.05, 3.63) is 127 Å². The first-order valence-electron chi connectivity index (χ1n) is 12.3. The van der Waals surface area contributed by atoms with Crippen molar-refractivity contribution >= 4 is 6.91 Å². The molecule has 164 valence electrons. The zero-order valence-corrected chi connectivity index (χ0v) is 19.7. The van der Waals surface area contributed by atoms with Gasteiger partial charge in [-0.3, -0.25) is 0 Å². The Hall–Kier alpha value is -3.71. The molecule has 0 aliphatic carbocycles. The summed E-state index contributed by atoms with van der Waals surface area (Å²) in [7, 11) is 0. The van der Waals surface area contributed by atoms with Gasteiger partial charge in [0.2, 0.25) is 0 Å². The van der Waals surface area contributed by atoms with E-state index >= 15 is 0 Å². The quantitative estimate of drug-likeness (QED) is 0.239. The molecule has 0 spiro atoms. The number of hydrogen-bond donors (Lipinski definition) is 0. The molecule has 5 aromatic rings. The van der Waals surface area contributed by atoms with Gasteiger partial charge in [-0.15, -0.1) is 0 Å². The van der Waals surface area contributed by atoms with Gasteiger partial charge in [0.25, 0.3) is 0 Å². The fraction of sp³-hybridized carbons (Fsp3) is 0.121. The standard InChI is InChI=1S/C33H29B/c1-2-3-15-25-16-13-14-23-29(25)30-24-34-33(28-21-11-6-12-22-28)32(27-19-9-5-10-20-27)31(30)26-17-7-4-8-18-26/h4-14,16-24H,2-3,15H2,1H3. The maximum absolute atomic E-state index is 2.34.